The van der Waals surface area contributed by atoms with Crippen molar-refractivity contribution in [3.63, 3.8) is 0 Å². The van der Waals surface area contributed by atoms with E-state index in [2.05, 4.69) is 15.3 Å². The third-order valence-electron chi connectivity index (χ3n) is 5.86. The monoisotopic (exact) mass is 500 g/mol. The van der Waals surface area contributed by atoms with E-state index in [-0.39, 0.29) is 5.91 Å². The second-order valence-electron chi connectivity index (χ2n) is 8.37. The molecule has 3 aromatic heterocycles. The lowest BCUT2D eigenvalue weighted by atomic mass is 10.0. The molecule has 8 nitrogen and oxygen atoms in total. The Hall–Kier alpha value is -4.21. The standard InChI is InChI=1S/C27H24N4O4S/c32-25-22-14-18(10-11-23(22)29-27(34)30-25)15-28-24(19-6-2-1-3-7-19)26(33)31(16-20-8-4-12-35-20)17-21-9-5-13-36-21/h1-14,24,28H,15-17H2,(H2,29,30,32,34)/t24-/m1/s1. The number of rotatable bonds is 9. The van der Waals surface area contributed by atoms with Crippen LogP contribution in [0.1, 0.15) is 27.8 Å². The highest BCUT2D eigenvalue weighted by atomic mass is 32.1. The molecule has 0 aliphatic heterocycles. The minimum Gasteiger partial charge on any atom is -0.467 e. The summed E-state index contributed by atoms with van der Waals surface area (Å²) in [6.07, 6.45) is 1.60. The summed E-state index contributed by atoms with van der Waals surface area (Å²) >= 11 is 1.60. The molecule has 0 spiro atoms. The van der Waals surface area contributed by atoms with Gasteiger partial charge in [0, 0.05) is 11.4 Å². The molecule has 3 heterocycles. The van der Waals surface area contributed by atoms with Crippen LogP contribution >= 0.6 is 11.3 Å². The quantitative estimate of drug-likeness (QED) is 0.284. The first-order valence-corrected chi connectivity index (χ1v) is 12.3. The normalized spacial score (nSPS) is 12.0. The average Bonchev–Trinajstić information content (AvgIpc) is 3.59. The summed E-state index contributed by atoms with van der Waals surface area (Å²) in [6, 6.07) is 21.8. The average molecular weight is 501 g/mol. The number of furan rings is 1. The van der Waals surface area contributed by atoms with Crippen molar-refractivity contribution < 1.29 is 9.21 Å². The van der Waals surface area contributed by atoms with Crippen LogP contribution < -0.4 is 16.6 Å². The van der Waals surface area contributed by atoms with E-state index in [1.807, 2.05) is 66.0 Å². The Bertz CT molecular complexity index is 1520. The van der Waals surface area contributed by atoms with Crippen molar-refractivity contribution in [1.82, 2.24) is 20.2 Å². The molecule has 182 valence electrons. The van der Waals surface area contributed by atoms with Gasteiger partial charge in [-0.2, -0.15) is 0 Å². The van der Waals surface area contributed by atoms with Gasteiger partial charge >= 0.3 is 5.69 Å². The van der Waals surface area contributed by atoms with E-state index in [1.165, 1.54) is 0 Å². The van der Waals surface area contributed by atoms with Crippen LogP contribution in [0.25, 0.3) is 10.9 Å². The highest BCUT2D eigenvalue weighted by Gasteiger charge is 2.27. The first-order valence-electron chi connectivity index (χ1n) is 11.4. The van der Waals surface area contributed by atoms with Crippen molar-refractivity contribution in [2.75, 3.05) is 0 Å². The van der Waals surface area contributed by atoms with Crippen LogP contribution in [0.3, 0.4) is 0 Å². The molecule has 2 aromatic carbocycles. The van der Waals surface area contributed by atoms with Crippen LogP contribution in [0.5, 0.6) is 0 Å². The van der Waals surface area contributed by atoms with Crippen molar-refractivity contribution in [2.24, 2.45) is 0 Å². The molecule has 3 N–H and O–H groups in total. The van der Waals surface area contributed by atoms with Gasteiger partial charge in [-0.15, -0.1) is 11.3 Å². The number of H-pyrrole nitrogens is 2. The van der Waals surface area contributed by atoms with E-state index in [9.17, 15) is 14.4 Å². The maximum atomic E-state index is 14.0. The zero-order valence-corrected chi connectivity index (χ0v) is 20.1. The summed E-state index contributed by atoms with van der Waals surface area (Å²) in [5.74, 6) is 0.614. The van der Waals surface area contributed by atoms with Gasteiger partial charge in [0.25, 0.3) is 5.56 Å². The molecule has 0 saturated carbocycles. The van der Waals surface area contributed by atoms with Gasteiger partial charge in [0.2, 0.25) is 5.91 Å². The van der Waals surface area contributed by atoms with Crippen LogP contribution in [-0.4, -0.2) is 20.8 Å². The molecule has 0 aliphatic rings. The van der Waals surface area contributed by atoms with E-state index in [0.717, 1.165) is 16.0 Å². The van der Waals surface area contributed by atoms with Crippen molar-refractivity contribution in [2.45, 2.75) is 25.7 Å². The Kier molecular flexibility index (Phi) is 6.92. The van der Waals surface area contributed by atoms with Gasteiger partial charge in [-0.3, -0.25) is 19.9 Å². The number of fused-ring (bicyclic) bond motifs is 1. The van der Waals surface area contributed by atoms with Crippen LogP contribution in [0.15, 0.2) is 98.4 Å². The second kappa shape index (κ2) is 10.6. The minimum absolute atomic E-state index is 0.0889. The molecule has 0 bridgehead atoms. The molecule has 0 aliphatic carbocycles. The third-order valence-corrected chi connectivity index (χ3v) is 6.72. The zero-order valence-electron chi connectivity index (χ0n) is 19.3. The van der Waals surface area contributed by atoms with Crippen LogP contribution in [0.4, 0.5) is 0 Å². The molecule has 5 rings (SSSR count). The summed E-state index contributed by atoms with van der Waals surface area (Å²) in [5.41, 5.74) is 1.11. The van der Waals surface area contributed by atoms with Gasteiger partial charge in [-0.05, 0) is 46.8 Å². The summed E-state index contributed by atoms with van der Waals surface area (Å²) in [7, 11) is 0. The van der Waals surface area contributed by atoms with E-state index in [4.69, 9.17) is 4.42 Å². The fraction of sp³-hybridized carbons (Fsp3) is 0.148. The molecule has 0 radical (unpaired) electrons. The number of aromatic amines is 2. The van der Waals surface area contributed by atoms with Crippen LogP contribution in [0, 0.1) is 0 Å². The Labute approximate surface area is 210 Å². The molecular formula is C27H24N4O4S. The topological polar surface area (TPSA) is 111 Å². The number of amides is 1. The highest BCUT2D eigenvalue weighted by Crippen LogP contribution is 2.22. The van der Waals surface area contributed by atoms with Gasteiger partial charge in [0.1, 0.15) is 11.8 Å². The first-order chi connectivity index (χ1) is 17.6. The molecule has 5 aromatic rings. The van der Waals surface area contributed by atoms with Gasteiger partial charge in [-0.1, -0.05) is 42.5 Å². The molecule has 0 unspecified atom stereocenters. The minimum atomic E-state index is -0.620. The molecule has 0 fully saturated rings. The molecule has 0 saturated heterocycles. The summed E-state index contributed by atoms with van der Waals surface area (Å²) < 4.78 is 5.54. The number of nitrogens with zero attached hydrogens (tertiary/aromatic N) is 1. The molecule has 1 atom stereocenters. The van der Waals surface area contributed by atoms with E-state index < -0.39 is 17.3 Å². The van der Waals surface area contributed by atoms with Gasteiger partial charge in [0.05, 0.1) is 30.3 Å². The zero-order chi connectivity index (χ0) is 24.9. The number of hydrogen-bond acceptors (Lipinski definition) is 6. The third kappa shape index (κ3) is 5.37. The highest BCUT2D eigenvalue weighted by molar-refractivity contribution is 7.09. The fourth-order valence-corrected chi connectivity index (χ4v) is 4.83. The smallest absolute Gasteiger partial charge is 0.326 e. The lowest BCUT2D eigenvalue weighted by Gasteiger charge is -2.27. The lowest BCUT2D eigenvalue weighted by molar-refractivity contribution is -0.135. The Morgan fingerprint density at radius 1 is 0.972 bits per heavy atom. The fourth-order valence-electron chi connectivity index (χ4n) is 4.11. The number of carbonyl (C=O) groups is 1. The van der Waals surface area contributed by atoms with Gasteiger partial charge in [0.15, 0.2) is 0 Å². The summed E-state index contributed by atoms with van der Waals surface area (Å²) in [5, 5.41) is 5.76. The Morgan fingerprint density at radius 3 is 2.58 bits per heavy atom. The van der Waals surface area contributed by atoms with Crippen LogP contribution in [0.2, 0.25) is 0 Å². The molecule has 36 heavy (non-hydrogen) atoms. The second-order valence-corrected chi connectivity index (χ2v) is 9.40. The number of nitrogens with one attached hydrogen (secondary N) is 3. The Balaban J connectivity index is 1.43. The van der Waals surface area contributed by atoms with Crippen molar-refractivity contribution in [3.8, 4) is 0 Å². The molecular weight excluding hydrogens is 476 g/mol. The number of aromatic nitrogens is 2. The number of thiophene rings is 1. The lowest BCUT2D eigenvalue weighted by Crippen LogP contribution is -2.40. The Morgan fingerprint density at radius 2 is 1.83 bits per heavy atom. The van der Waals surface area contributed by atoms with Gasteiger partial charge in [-0.25, -0.2) is 4.79 Å². The molecule has 9 heteroatoms. The van der Waals surface area contributed by atoms with Crippen molar-refractivity contribution in [3.05, 3.63) is 127 Å². The predicted molar refractivity (Wildman–Crippen MR) is 138 cm³/mol. The summed E-state index contributed by atoms with van der Waals surface area (Å²) in [4.78, 5) is 45.5. The number of hydrogen-bond donors (Lipinski definition) is 3. The SMILES string of the molecule is O=C([C@H](NCc1ccc2[nH]c(=O)[nH]c(=O)c2c1)c1ccccc1)N(Cc1ccco1)Cc1cccs1. The van der Waals surface area contributed by atoms with Crippen molar-refractivity contribution >= 4 is 28.1 Å². The predicted octanol–water partition coefficient (Wildman–Crippen LogP) is 3.93. The number of carbonyl (C=O) groups excluding carboxylic acids is 1. The largest absolute Gasteiger partial charge is 0.467 e. The maximum absolute atomic E-state index is 14.0. The van der Waals surface area contributed by atoms with Gasteiger partial charge < -0.3 is 14.3 Å². The van der Waals surface area contributed by atoms with Crippen molar-refractivity contribution in [1.29, 1.82) is 0 Å². The van der Waals surface area contributed by atoms with E-state index >= 15 is 0 Å². The summed E-state index contributed by atoms with van der Waals surface area (Å²) in [6.45, 7) is 1.14. The maximum Gasteiger partial charge on any atom is 0.326 e. The first kappa shape index (κ1) is 23.5. The number of benzene rings is 2. The van der Waals surface area contributed by atoms with Crippen LogP contribution in [-0.2, 0) is 24.4 Å². The molecule has 1 amide bonds. The van der Waals surface area contributed by atoms with E-state index in [0.29, 0.717) is 36.3 Å². The van der Waals surface area contributed by atoms with E-state index in [1.54, 1.807) is 34.6 Å².